The molecule has 0 bridgehead atoms. The number of fused-ring (bicyclic) bond motifs is 2. The zero-order chi connectivity index (χ0) is 18.5. The molecule has 2 fully saturated rings. The number of anilines is 1. The van der Waals surface area contributed by atoms with E-state index in [9.17, 15) is 4.79 Å². The standard InChI is InChI=1S/C18H19BrN6OS/c1-24-18-11(7-20-24)6-14(27-18)17(26)25-8-10-2-3-13(12(10)9-25)21-16-5-4-15(19)22-23-16/h4-7,10,12-13H,2-3,8-9H2,1H3,(H,21,23)/t10-,12+,13+/m0/s1. The van der Waals surface area contributed by atoms with Crippen molar-refractivity contribution >= 4 is 49.2 Å². The Balaban J connectivity index is 1.29. The zero-order valence-electron chi connectivity index (χ0n) is 14.8. The lowest BCUT2D eigenvalue weighted by atomic mass is 9.98. The van der Waals surface area contributed by atoms with E-state index in [1.165, 1.54) is 11.3 Å². The van der Waals surface area contributed by atoms with Crippen LogP contribution >= 0.6 is 27.3 Å². The predicted octanol–water partition coefficient (Wildman–Crippen LogP) is 3.15. The topological polar surface area (TPSA) is 75.9 Å². The summed E-state index contributed by atoms with van der Waals surface area (Å²) in [5.41, 5.74) is 0. The first-order valence-electron chi connectivity index (χ1n) is 9.05. The molecule has 27 heavy (non-hydrogen) atoms. The number of thiophene rings is 1. The zero-order valence-corrected chi connectivity index (χ0v) is 17.2. The number of amides is 1. The van der Waals surface area contributed by atoms with Gasteiger partial charge in [0.05, 0.1) is 11.1 Å². The number of carbonyl (C=O) groups excluding carboxylic acids is 1. The smallest absolute Gasteiger partial charge is 0.264 e. The summed E-state index contributed by atoms with van der Waals surface area (Å²) >= 11 is 4.84. The maximum absolute atomic E-state index is 13.0. The molecule has 9 heteroatoms. The molecule has 7 nitrogen and oxygen atoms in total. The van der Waals surface area contributed by atoms with E-state index in [1.807, 2.05) is 41.0 Å². The first kappa shape index (κ1) is 17.1. The van der Waals surface area contributed by atoms with Crippen LogP contribution in [0.2, 0.25) is 0 Å². The van der Waals surface area contributed by atoms with Crippen molar-refractivity contribution < 1.29 is 4.79 Å². The first-order chi connectivity index (χ1) is 13.1. The quantitative estimate of drug-likeness (QED) is 0.668. The molecule has 4 heterocycles. The van der Waals surface area contributed by atoms with Crippen LogP contribution in [-0.2, 0) is 7.05 Å². The van der Waals surface area contributed by atoms with Crippen molar-refractivity contribution in [3.05, 3.63) is 33.9 Å². The second-order valence-electron chi connectivity index (χ2n) is 7.34. The molecule has 0 unspecified atom stereocenters. The number of nitrogens with one attached hydrogen (secondary N) is 1. The van der Waals surface area contributed by atoms with Gasteiger partial charge in [-0.1, -0.05) is 0 Å². The monoisotopic (exact) mass is 446 g/mol. The van der Waals surface area contributed by atoms with Crippen LogP contribution in [0, 0.1) is 11.8 Å². The van der Waals surface area contributed by atoms with Gasteiger partial charge in [0.1, 0.15) is 15.3 Å². The summed E-state index contributed by atoms with van der Waals surface area (Å²) in [6.45, 7) is 1.65. The highest BCUT2D eigenvalue weighted by atomic mass is 79.9. The molecule has 0 radical (unpaired) electrons. The van der Waals surface area contributed by atoms with Crippen LogP contribution < -0.4 is 5.32 Å². The van der Waals surface area contributed by atoms with E-state index in [2.05, 4.69) is 36.5 Å². The van der Waals surface area contributed by atoms with E-state index in [1.54, 1.807) is 0 Å². The molecule has 1 amide bonds. The molecule has 1 saturated heterocycles. The van der Waals surface area contributed by atoms with Gasteiger partial charge >= 0.3 is 0 Å². The Morgan fingerprint density at radius 3 is 2.96 bits per heavy atom. The Hall–Kier alpha value is -2.00. The van der Waals surface area contributed by atoms with Gasteiger partial charge in [0.15, 0.2) is 0 Å². The van der Waals surface area contributed by atoms with Gasteiger partial charge in [0.2, 0.25) is 0 Å². The maximum Gasteiger partial charge on any atom is 0.264 e. The molecule has 3 aromatic rings. The fraction of sp³-hybridized carbons (Fsp3) is 0.444. The lowest BCUT2D eigenvalue weighted by Crippen LogP contribution is -2.33. The van der Waals surface area contributed by atoms with Crippen LogP contribution in [0.3, 0.4) is 0 Å². The largest absolute Gasteiger partial charge is 0.365 e. The van der Waals surface area contributed by atoms with Crippen LogP contribution in [-0.4, -0.2) is 49.9 Å². The molecule has 3 atom stereocenters. The number of aromatic nitrogens is 4. The van der Waals surface area contributed by atoms with Crippen LogP contribution in [0.4, 0.5) is 5.82 Å². The number of rotatable bonds is 3. The summed E-state index contributed by atoms with van der Waals surface area (Å²) in [6, 6.07) is 6.14. The summed E-state index contributed by atoms with van der Waals surface area (Å²) in [6.07, 6.45) is 4.08. The molecule has 5 rings (SSSR count). The highest BCUT2D eigenvalue weighted by Crippen LogP contribution is 2.40. The summed E-state index contributed by atoms with van der Waals surface area (Å²) in [7, 11) is 1.91. The molecule has 1 aliphatic carbocycles. The Kier molecular flexibility index (Phi) is 4.16. The molecule has 3 aromatic heterocycles. The van der Waals surface area contributed by atoms with Crippen LogP contribution in [0.1, 0.15) is 22.5 Å². The second kappa shape index (κ2) is 6.56. The van der Waals surface area contributed by atoms with E-state index in [0.717, 1.165) is 51.4 Å². The van der Waals surface area contributed by atoms with Crippen molar-refractivity contribution in [3.8, 4) is 0 Å². The van der Waals surface area contributed by atoms with Crippen molar-refractivity contribution in [3.63, 3.8) is 0 Å². The van der Waals surface area contributed by atoms with Crippen LogP contribution in [0.25, 0.3) is 10.2 Å². The summed E-state index contributed by atoms with van der Waals surface area (Å²) in [4.78, 5) is 16.9. The maximum atomic E-state index is 13.0. The van der Waals surface area contributed by atoms with Crippen molar-refractivity contribution in [1.29, 1.82) is 0 Å². The van der Waals surface area contributed by atoms with Gasteiger partial charge in [-0.2, -0.15) is 5.10 Å². The highest BCUT2D eigenvalue weighted by molar-refractivity contribution is 9.10. The fourth-order valence-corrected chi connectivity index (χ4v) is 5.63. The molecule has 0 spiro atoms. The molecule has 2 aliphatic rings. The molecule has 140 valence electrons. The third kappa shape index (κ3) is 3.02. The molecule has 0 aromatic carbocycles. The Morgan fingerprint density at radius 2 is 2.19 bits per heavy atom. The lowest BCUT2D eigenvalue weighted by Gasteiger charge is -2.21. The number of halogens is 1. The molecule has 1 aliphatic heterocycles. The summed E-state index contributed by atoms with van der Waals surface area (Å²) < 4.78 is 2.56. The number of aryl methyl sites for hydroxylation is 1. The number of nitrogens with zero attached hydrogens (tertiary/aromatic N) is 5. The SMILES string of the molecule is Cn1ncc2cc(C(=O)N3C[C@@H]4CC[C@@H](Nc5ccc(Br)nn5)[C@@H]4C3)sc21. The number of carbonyl (C=O) groups is 1. The molecule has 1 N–H and O–H groups in total. The predicted molar refractivity (Wildman–Crippen MR) is 108 cm³/mol. The minimum Gasteiger partial charge on any atom is -0.365 e. The van der Waals surface area contributed by atoms with E-state index in [4.69, 9.17) is 0 Å². The van der Waals surface area contributed by atoms with Gasteiger partial charge in [-0.05, 0) is 52.9 Å². The fourth-order valence-electron chi connectivity index (χ4n) is 4.40. The van der Waals surface area contributed by atoms with Crippen molar-refractivity contribution in [1.82, 2.24) is 24.9 Å². The average Bonchev–Trinajstić information content (AvgIpc) is 3.40. The number of likely N-dealkylation sites (tertiary alicyclic amines) is 1. The molecular formula is C18H19BrN6OS. The van der Waals surface area contributed by atoms with Crippen molar-refractivity contribution in [2.75, 3.05) is 18.4 Å². The van der Waals surface area contributed by atoms with Crippen molar-refractivity contribution in [2.45, 2.75) is 18.9 Å². The molecule has 1 saturated carbocycles. The van der Waals surface area contributed by atoms with E-state index in [-0.39, 0.29) is 5.91 Å². The first-order valence-corrected chi connectivity index (χ1v) is 10.7. The van der Waals surface area contributed by atoms with Crippen LogP contribution in [0.15, 0.2) is 29.0 Å². The Bertz CT molecular complexity index is 999. The van der Waals surface area contributed by atoms with Gasteiger partial charge in [-0.15, -0.1) is 21.5 Å². The summed E-state index contributed by atoms with van der Waals surface area (Å²) in [5, 5.41) is 17.0. The Labute approximate surface area is 168 Å². The van der Waals surface area contributed by atoms with Gasteiger partial charge < -0.3 is 10.2 Å². The number of hydrogen-bond donors (Lipinski definition) is 1. The number of hydrogen-bond acceptors (Lipinski definition) is 6. The lowest BCUT2D eigenvalue weighted by molar-refractivity contribution is 0.0785. The summed E-state index contributed by atoms with van der Waals surface area (Å²) in [5.74, 6) is 1.97. The van der Waals surface area contributed by atoms with E-state index >= 15 is 0 Å². The van der Waals surface area contributed by atoms with Gasteiger partial charge in [-0.25, -0.2) is 0 Å². The van der Waals surface area contributed by atoms with E-state index < -0.39 is 0 Å². The van der Waals surface area contributed by atoms with E-state index in [0.29, 0.717) is 17.9 Å². The van der Waals surface area contributed by atoms with Crippen LogP contribution in [0.5, 0.6) is 0 Å². The minimum absolute atomic E-state index is 0.146. The average molecular weight is 447 g/mol. The van der Waals surface area contributed by atoms with Gasteiger partial charge in [-0.3, -0.25) is 9.48 Å². The highest BCUT2D eigenvalue weighted by Gasteiger charge is 2.44. The van der Waals surface area contributed by atoms with Gasteiger partial charge in [0.25, 0.3) is 5.91 Å². The van der Waals surface area contributed by atoms with Gasteiger partial charge in [0, 0.05) is 37.5 Å². The molecular weight excluding hydrogens is 428 g/mol. The third-order valence-electron chi connectivity index (χ3n) is 5.72. The normalized spacial score (nSPS) is 24.5. The second-order valence-corrected chi connectivity index (χ2v) is 9.19. The third-order valence-corrected chi connectivity index (χ3v) is 7.35. The van der Waals surface area contributed by atoms with Crippen molar-refractivity contribution in [2.24, 2.45) is 18.9 Å². The minimum atomic E-state index is 0.146. The Morgan fingerprint density at radius 1 is 1.30 bits per heavy atom.